The van der Waals surface area contributed by atoms with E-state index in [-0.39, 0.29) is 6.47 Å². The third-order valence-electron chi connectivity index (χ3n) is 5.48. The zero-order valence-corrected chi connectivity index (χ0v) is 16.9. The van der Waals surface area contributed by atoms with Crippen LogP contribution in [0.4, 0.5) is 0 Å². The standard InChI is InChI=1S/C18H25Cl2NO2.CH2O2/c1-22-16-5-3-6-18(16)7-4-8-21(12-18)11-13-9-14(19)10-15(20)17(13)23-2;2-1-3/h9-10,16H,3-8,11-12H2,1-2H3;1H,(H,2,3)/t16-,18+;/m1./s1. The Kier molecular flexibility index (Phi) is 8.02. The molecule has 2 atom stereocenters. The molecule has 1 N–H and O–H groups in total. The van der Waals surface area contributed by atoms with Gasteiger partial charge in [0.2, 0.25) is 0 Å². The fraction of sp³-hybridized carbons (Fsp3) is 0.632. The lowest BCUT2D eigenvalue weighted by atomic mass is 9.76. The highest BCUT2D eigenvalue weighted by Gasteiger charge is 2.45. The van der Waals surface area contributed by atoms with E-state index in [2.05, 4.69) is 4.90 Å². The molecule has 1 aromatic carbocycles. The summed E-state index contributed by atoms with van der Waals surface area (Å²) < 4.78 is 11.3. The number of likely N-dealkylation sites (tertiary alicyclic amines) is 1. The number of nitrogens with zero attached hydrogens (tertiary/aromatic N) is 1. The first-order valence-corrected chi connectivity index (χ1v) is 9.60. The minimum absolute atomic E-state index is 0.250. The summed E-state index contributed by atoms with van der Waals surface area (Å²) in [6.07, 6.45) is 6.63. The Hall–Kier alpha value is -1.01. The van der Waals surface area contributed by atoms with Crippen LogP contribution in [0.5, 0.6) is 5.75 Å². The van der Waals surface area contributed by atoms with E-state index in [9.17, 15) is 0 Å². The van der Waals surface area contributed by atoms with Gasteiger partial charge in [0.15, 0.2) is 0 Å². The van der Waals surface area contributed by atoms with Gasteiger partial charge in [0.05, 0.1) is 18.2 Å². The summed E-state index contributed by atoms with van der Waals surface area (Å²) in [4.78, 5) is 10.9. The molecule has 0 amide bonds. The number of halogens is 2. The van der Waals surface area contributed by atoms with Crippen LogP contribution in [0.15, 0.2) is 12.1 Å². The monoisotopic (exact) mass is 403 g/mol. The molecule has 1 aromatic rings. The van der Waals surface area contributed by atoms with Gasteiger partial charge in [-0.2, -0.15) is 0 Å². The lowest BCUT2D eigenvalue weighted by molar-refractivity contribution is -0.122. The molecule has 0 unspecified atom stereocenters. The Bertz CT molecular complexity index is 613. The molecule has 0 bridgehead atoms. The van der Waals surface area contributed by atoms with Crippen LogP contribution in [-0.4, -0.2) is 49.9 Å². The molecular formula is C19H27Cl2NO4. The largest absolute Gasteiger partial charge is 0.495 e. The highest BCUT2D eigenvalue weighted by atomic mass is 35.5. The first-order chi connectivity index (χ1) is 12.5. The second-order valence-corrected chi connectivity index (χ2v) is 7.82. The molecule has 0 radical (unpaired) electrons. The zero-order chi connectivity index (χ0) is 19.2. The normalized spacial score (nSPS) is 25.6. The van der Waals surface area contributed by atoms with Crippen LogP contribution in [0.2, 0.25) is 10.0 Å². The van der Waals surface area contributed by atoms with Gasteiger partial charge in [-0.1, -0.05) is 29.6 Å². The second kappa shape index (κ2) is 9.79. The summed E-state index contributed by atoms with van der Waals surface area (Å²) in [5, 5.41) is 8.13. The van der Waals surface area contributed by atoms with Crippen molar-refractivity contribution < 1.29 is 19.4 Å². The molecule has 1 saturated carbocycles. The number of hydrogen-bond donors (Lipinski definition) is 1. The van der Waals surface area contributed by atoms with Gasteiger partial charge in [-0.05, 0) is 44.4 Å². The minimum Gasteiger partial charge on any atom is -0.495 e. The van der Waals surface area contributed by atoms with Gasteiger partial charge < -0.3 is 14.6 Å². The lowest BCUT2D eigenvalue weighted by Gasteiger charge is -2.43. The molecule has 3 rings (SSSR count). The van der Waals surface area contributed by atoms with Crippen LogP contribution in [0.1, 0.15) is 37.7 Å². The molecule has 26 heavy (non-hydrogen) atoms. The molecule has 2 aliphatic rings. The summed E-state index contributed by atoms with van der Waals surface area (Å²) in [5.41, 5.74) is 1.39. The Morgan fingerprint density at radius 1 is 1.31 bits per heavy atom. The van der Waals surface area contributed by atoms with Crippen molar-refractivity contribution in [2.45, 2.75) is 44.8 Å². The van der Waals surface area contributed by atoms with Crippen molar-refractivity contribution in [3.63, 3.8) is 0 Å². The molecule has 1 spiro atoms. The van der Waals surface area contributed by atoms with Crippen molar-refractivity contribution in [3.05, 3.63) is 27.7 Å². The first-order valence-electron chi connectivity index (χ1n) is 8.84. The molecule has 1 saturated heterocycles. The third kappa shape index (κ3) is 4.83. The van der Waals surface area contributed by atoms with Crippen molar-refractivity contribution in [2.24, 2.45) is 5.41 Å². The maximum atomic E-state index is 8.36. The van der Waals surface area contributed by atoms with Gasteiger partial charge in [0.1, 0.15) is 5.75 Å². The van der Waals surface area contributed by atoms with E-state index in [1.54, 1.807) is 13.2 Å². The van der Waals surface area contributed by atoms with Gasteiger partial charge in [0, 0.05) is 36.2 Å². The maximum Gasteiger partial charge on any atom is 0.290 e. The molecule has 1 heterocycles. The van der Waals surface area contributed by atoms with Gasteiger partial charge in [-0.25, -0.2) is 0 Å². The summed E-state index contributed by atoms with van der Waals surface area (Å²) in [6.45, 7) is 2.76. The summed E-state index contributed by atoms with van der Waals surface area (Å²) in [6, 6.07) is 3.71. The van der Waals surface area contributed by atoms with Gasteiger partial charge >= 0.3 is 0 Å². The predicted molar refractivity (Wildman–Crippen MR) is 103 cm³/mol. The van der Waals surface area contributed by atoms with Crippen LogP contribution in [-0.2, 0) is 16.1 Å². The van der Waals surface area contributed by atoms with E-state index in [0.717, 1.165) is 30.9 Å². The average molecular weight is 404 g/mol. The van der Waals surface area contributed by atoms with Gasteiger partial charge in [-0.3, -0.25) is 9.69 Å². The number of carboxylic acid groups (broad SMARTS) is 1. The minimum atomic E-state index is -0.250. The fourth-order valence-corrected chi connectivity index (χ4v) is 5.15. The van der Waals surface area contributed by atoms with E-state index in [4.69, 9.17) is 42.6 Å². The Balaban J connectivity index is 0.000000758. The van der Waals surface area contributed by atoms with Gasteiger partial charge in [-0.15, -0.1) is 0 Å². The van der Waals surface area contributed by atoms with Gasteiger partial charge in [0.25, 0.3) is 6.47 Å². The number of carbonyl (C=O) groups is 1. The van der Waals surface area contributed by atoms with Crippen LogP contribution in [0, 0.1) is 5.41 Å². The van der Waals surface area contributed by atoms with Crippen LogP contribution in [0.25, 0.3) is 0 Å². The van der Waals surface area contributed by atoms with E-state index < -0.39 is 0 Å². The number of benzene rings is 1. The molecule has 5 nitrogen and oxygen atoms in total. The van der Waals surface area contributed by atoms with Crippen molar-refractivity contribution in [3.8, 4) is 5.75 Å². The summed E-state index contributed by atoms with van der Waals surface area (Å²) in [5.74, 6) is 0.741. The zero-order valence-electron chi connectivity index (χ0n) is 15.3. The van der Waals surface area contributed by atoms with Crippen LogP contribution >= 0.6 is 23.2 Å². The Labute approximate surface area is 165 Å². The first kappa shape index (κ1) is 21.3. The third-order valence-corrected chi connectivity index (χ3v) is 5.98. The molecule has 1 aliphatic heterocycles. The smallest absolute Gasteiger partial charge is 0.290 e. The van der Waals surface area contributed by atoms with Crippen LogP contribution in [0.3, 0.4) is 0 Å². The fourth-order valence-electron chi connectivity index (χ4n) is 4.54. The number of methoxy groups -OCH3 is 2. The van der Waals surface area contributed by atoms with E-state index in [1.165, 1.54) is 32.1 Å². The van der Waals surface area contributed by atoms with Crippen molar-refractivity contribution in [1.29, 1.82) is 0 Å². The lowest BCUT2D eigenvalue weighted by Crippen LogP contribution is -2.47. The molecule has 1 aliphatic carbocycles. The van der Waals surface area contributed by atoms with Crippen molar-refractivity contribution in [1.82, 2.24) is 4.90 Å². The topological polar surface area (TPSA) is 59.0 Å². The second-order valence-electron chi connectivity index (χ2n) is 6.98. The highest BCUT2D eigenvalue weighted by Crippen LogP contribution is 2.47. The maximum absolute atomic E-state index is 8.36. The number of ether oxygens (including phenoxy) is 2. The summed E-state index contributed by atoms with van der Waals surface area (Å²) in [7, 11) is 3.52. The van der Waals surface area contributed by atoms with E-state index in [0.29, 0.717) is 21.6 Å². The molecule has 0 aromatic heterocycles. The Morgan fingerprint density at radius 2 is 2.00 bits per heavy atom. The quantitative estimate of drug-likeness (QED) is 0.750. The van der Waals surface area contributed by atoms with E-state index in [1.807, 2.05) is 13.2 Å². The average Bonchev–Trinajstić information content (AvgIpc) is 2.97. The van der Waals surface area contributed by atoms with Crippen molar-refractivity contribution in [2.75, 3.05) is 27.3 Å². The van der Waals surface area contributed by atoms with Crippen LogP contribution < -0.4 is 4.74 Å². The predicted octanol–water partition coefficient (Wildman–Crippen LogP) is 4.48. The number of hydrogen-bond acceptors (Lipinski definition) is 4. The molecule has 2 fully saturated rings. The number of piperidine rings is 1. The molecular weight excluding hydrogens is 377 g/mol. The van der Waals surface area contributed by atoms with Crippen molar-refractivity contribution >= 4 is 29.7 Å². The molecule has 146 valence electrons. The number of rotatable bonds is 4. The highest BCUT2D eigenvalue weighted by molar-refractivity contribution is 6.35. The summed E-state index contributed by atoms with van der Waals surface area (Å²) >= 11 is 12.5. The SMILES string of the molecule is COc1c(Cl)cc(Cl)cc1CN1CCC[C@@]2(CCC[C@H]2OC)C1.O=CO. The Morgan fingerprint density at radius 3 is 2.65 bits per heavy atom. The van der Waals surface area contributed by atoms with E-state index >= 15 is 0 Å². The molecule has 7 heteroatoms.